The molecule has 0 spiro atoms. The number of alkyl halides is 2. The Labute approximate surface area is 87.9 Å². The van der Waals surface area contributed by atoms with Crippen LogP contribution in [0.2, 0.25) is 0 Å². The predicted molar refractivity (Wildman–Crippen MR) is 58.7 cm³/mol. The zero-order chi connectivity index (χ0) is 5.21. The number of aliphatic hydroxyl groups is 1. The summed E-state index contributed by atoms with van der Waals surface area (Å²) in [5.74, 6) is 0. The number of hydrogen-bond donors (Lipinski definition) is 1. The molecule has 0 amide bonds. The second-order valence-corrected chi connectivity index (χ2v) is 6.65. The van der Waals surface area contributed by atoms with Gasteiger partial charge in [-0.2, -0.15) is 0 Å². The van der Waals surface area contributed by atoms with Gasteiger partial charge in [0.05, 0.1) is 0 Å². The van der Waals surface area contributed by atoms with Crippen molar-refractivity contribution < 1.29 is 5.11 Å². The predicted octanol–water partition coefficient (Wildman–Crippen LogP) is 2.53. The molecule has 0 aromatic heterocycles. The standard InChI is InChI=1S/C3H6I2O.HI/c1-2-3(4,5)6;/h6H,2H2,1H3;1H. The van der Waals surface area contributed by atoms with Gasteiger partial charge in [-0.1, -0.05) is 6.92 Å². The van der Waals surface area contributed by atoms with Crippen molar-refractivity contribution in [2.24, 2.45) is 0 Å². The highest BCUT2D eigenvalue weighted by Gasteiger charge is 2.11. The number of hydrogen-bond acceptors (Lipinski definition) is 1. The van der Waals surface area contributed by atoms with Gasteiger partial charge in [-0.15, -0.1) is 24.0 Å². The number of rotatable bonds is 1. The molecule has 0 radical (unpaired) electrons. The summed E-state index contributed by atoms with van der Waals surface area (Å²) in [6.07, 6.45) is 0.800. The van der Waals surface area contributed by atoms with Gasteiger partial charge in [0.2, 0.25) is 0 Å². The van der Waals surface area contributed by atoms with Gasteiger partial charge in [-0.3, -0.25) is 0 Å². The minimum Gasteiger partial charge on any atom is -0.371 e. The molecule has 0 rings (SSSR count). The third-order valence-electron chi connectivity index (χ3n) is 0.425. The van der Waals surface area contributed by atoms with Gasteiger partial charge in [0, 0.05) is 0 Å². The first-order valence-corrected chi connectivity index (χ1v) is 3.82. The zero-order valence-electron chi connectivity index (χ0n) is 3.82. The van der Waals surface area contributed by atoms with E-state index in [1.165, 1.54) is 0 Å². The van der Waals surface area contributed by atoms with Gasteiger partial charge < -0.3 is 5.11 Å². The molecule has 0 unspecified atom stereocenters. The van der Waals surface area contributed by atoms with Crippen molar-refractivity contribution in [3.8, 4) is 0 Å². The fourth-order valence-electron chi connectivity index (χ4n) is 0. The summed E-state index contributed by atoms with van der Waals surface area (Å²) in [6.45, 7) is 1.94. The summed E-state index contributed by atoms with van der Waals surface area (Å²) in [5, 5.41) is 8.80. The molecule has 0 aliphatic carbocycles. The van der Waals surface area contributed by atoms with Crippen LogP contribution in [-0.2, 0) is 0 Å². The van der Waals surface area contributed by atoms with Crippen LogP contribution in [0.25, 0.3) is 0 Å². The molecule has 0 aliphatic rings. The topological polar surface area (TPSA) is 20.2 Å². The smallest absolute Gasteiger partial charge is 0.166 e. The molecule has 0 atom stereocenters. The van der Waals surface area contributed by atoms with E-state index in [0.717, 1.165) is 6.42 Å². The van der Waals surface area contributed by atoms with E-state index in [1.54, 1.807) is 0 Å². The van der Waals surface area contributed by atoms with Crippen molar-refractivity contribution in [3.05, 3.63) is 0 Å². The van der Waals surface area contributed by atoms with Gasteiger partial charge in [0.15, 0.2) is 1.61 Å². The molecule has 1 nitrogen and oxygen atoms in total. The summed E-state index contributed by atoms with van der Waals surface area (Å²) in [7, 11) is 0. The Kier molecular flexibility index (Phi) is 8.45. The summed E-state index contributed by atoms with van der Waals surface area (Å²) < 4.78 is -0.518. The van der Waals surface area contributed by atoms with Crippen molar-refractivity contribution in [3.63, 3.8) is 0 Å². The molecule has 0 fully saturated rings. The molecule has 0 aromatic rings. The molecule has 0 heterocycles. The van der Waals surface area contributed by atoms with Gasteiger partial charge in [0.25, 0.3) is 0 Å². The zero-order valence-corrected chi connectivity index (χ0v) is 10.5. The third-order valence-corrected chi connectivity index (χ3v) is 1.95. The minimum absolute atomic E-state index is 0. The summed E-state index contributed by atoms with van der Waals surface area (Å²) in [6, 6.07) is 0. The Balaban J connectivity index is 0. The SMILES string of the molecule is CCC(O)(I)I.I. The first-order valence-electron chi connectivity index (χ1n) is 1.66. The fraction of sp³-hybridized carbons (Fsp3) is 1.00. The van der Waals surface area contributed by atoms with Crippen molar-refractivity contribution >= 4 is 69.2 Å². The third kappa shape index (κ3) is 11.6. The van der Waals surface area contributed by atoms with Crippen LogP contribution in [0.5, 0.6) is 0 Å². The van der Waals surface area contributed by atoms with Gasteiger partial charge in [-0.05, 0) is 51.6 Å². The lowest BCUT2D eigenvalue weighted by molar-refractivity contribution is 0.260. The second kappa shape index (κ2) is 4.98. The Morgan fingerprint density at radius 2 is 1.71 bits per heavy atom. The van der Waals surface area contributed by atoms with E-state index in [-0.39, 0.29) is 24.0 Å². The lowest BCUT2D eigenvalue weighted by Gasteiger charge is -2.06. The molecule has 0 saturated heterocycles. The Morgan fingerprint density at radius 3 is 1.71 bits per heavy atom. The monoisotopic (exact) mass is 440 g/mol. The van der Waals surface area contributed by atoms with Crippen LogP contribution in [0.15, 0.2) is 0 Å². The van der Waals surface area contributed by atoms with Crippen molar-refractivity contribution in [1.29, 1.82) is 0 Å². The normalized spacial score (nSPS) is 10.3. The van der Waals surface area contributed by atoms with E-state index in [2.05, 4.69) is 0 Å². The highest BCUT2D eigenvalue weighted by atomic mass is 127. The van der Waals surface area contributed by atoms with E-state index >= 15 is 0 Å². The van der Waals surface area contributed by atoms with Crippen LogP contribution >= 0.6 is 69.2 Å². The first kappa shape index (κ1) is 11.9. The van der Waals surface area contributed by atoms with Crippen molar-refractivity contribution in [2.45, 2.75) is 15.0 Å². The molecular weight excluding hydrogens is 433 g/mol. The van der Waals surface area contributed by atoms with Crippen LogP contribution < -0.4 is 0 Å². The van der Waals surface area contributed by atoms with Crippen LogP contribution in [-0.4, -0.2) is 6.72 Å². The van der Waals surface area contributed by atoms with Crippen molar-refractivity contribution in [1.82, 2.24) is 0 Å². The average molecular weight is 440 g/mol. The maximum Gasteiger partial charge on any atom is 0.166 e. The molecule has 0 aromatic carbocycles. The van der Waals surface area contributed by atoms with E-state index in [4.69, 9.17) is 5.11 Å². The largest absolute Gasteiger partial charge is 0.371 e. The molecule has 7 heavy (non-hydrogen) atoms. The molecule has 0 aliphatic heterocycles. The minimum atomic E-state index is -0.518. The van der Waals surface area contributed by atoms with Crippen molar-refractivity contribution in [2.75, 3.05) is 0 Å². The van der Waals surface area contributed by atoms with Crippen LogP contribution in [0.1, 0.15) is 13.3 Å². The Bertz CT molecular complexity index is 39.9. The molecule has 1 N–H and O–H groups in total. The molecule has 0 saturated carbocycles. The quantitative estimate of drug-likeness (QED) is 0.492. The van der Waals surface area contributed by atoms with Crippen LogP contribution in [0, 0.1) is 0 Å². The molecular formula is C3H7I3O. The van der Waals surface area contributed by atoms with E-state index in [0.29, 0.717) is 0 Å². The van der Waals surface area contributed by atoms with E-state index in [1.807, 2.05) is 52.1 Å². The highest BCUT2D eigenvalue weighted by molar-refractivity contribution is 14.2. The fourth-order valence-corrected chi connectivity index (χ4v) is 0. The first-order chi connectivity index (χ1) is 2.56. The van der Waals surface area contributed by atoms with Gasteiger partial charge >= 0.3 is 0 Å². The van der Waals surface area contributed by atoms with Crippen LogP contribution in [0.3, 0.4) is 0 Å². The van der Waals surface area contributed by atoms with Gasteiger partial charge in [-0.25, -0.2) is 0 Å². The summed E-state index contributed by atoms with van der Waals surface area (Å²) >= 11 is 3.97. The van der Waals surface area contributed by atoms with Gasteiger partial charge in [0.1, 0.15) is 0 Å². The second-order valence-electron chi connectivity index (χ2n) is 1.02. The lowest BCUT2D eigenvalue weighted by Crippen LogP contribution is -2.04. The molecule has 46 valence electrons. The maximum absolute atomic E-state index is 8.80. The Hall–Kier alpha value is 2.15. The average Bonchev–Trinajstić information content (AvgIpc) is 1.35. The van der Waals surface area contributed by atoms with E-state index < -0.39 is 1.61 Å². The van der Waals surface area contributed by atoms with E-state index in [9.17, 15) is 0 Å². The summed E-state index contributed by atoms with van der Waals surface area (Å²) in [4.78, 5) is 0. The maximum atomic E-state index is 8.80. The molecule has 4 heteroatoms. The van der Waals surface area contributed by atoms with Crippen LogP contribution in [0.4, 0.5) is 0 Å². The molecule has 0 bridgehead atoms. The highest BCUT2D eigenvalue weighted by Crippen LogP contribution is 2.26. The number of halogens is 3. The summed E-state index contributed by atoms with van der Waals surface area (Å²) in [5.41, 5.74) is 0. The lowest BCUT2D eigenvalue weighted by atomic mass is 10.5. The Morgan fingerprint density at radius 1 is 1.57 bits per heavy atom.